The van der Waals surface area contributed by atoms with Crippen LogP contribution in [-0.4, -0.2) is 64.5 Å². The van der Waals surface area contributed by atoms with Crippen molar-refractivity contribution in [3.8, 4) is 0 Å². The van der Waals surface area contributed by atoms with Crippen LogP contribution in [0.1, 0.15) is 75.5 Å². The van der Waals surface area contributed by atoms with Crippen molar-refractivity contribution in [2.45, 2.75) is 78.4 Å². The molecule has 33 heavy (non-hydrogen) atoms. The summed E-state index contributed by atoms with van der Waals surface area (Å²) in [4.78, 5) is 27.5. The van der Waals surface area contributed by atoms with Gasteiger partial charge in [-0.3, -0.25) is 4.90 Å². The first kappa shape index (κ1) is 25.2. The Kier molecular flexibility index (Phi) is 6.94. The molecule has 2 atom stereocenters. The number of hydrogen-bond acceptors (Lipinski definition) is 7. The first-order chi connectivity index (χ1) is 15.2. The van der Waals surface area contributed by atoms with Crippen molar-refractivity contribution in [3.05, 3.63) is 35.0 Å². The van der Waals surface area contributed by atoms with Gasteiger partial charge in [-0.15, -0.1) is 0 Å². The van der Waals surface area contributed by atoms with E-state index in [9.17, 15) is 14.7 Å². The monoisotopic (exact) mass is 460 g/mol. The number of aryl methyl sites for hydroxylation is 1. The Morgan fingerprint density at radius 1 is 1.12 bits per heavy atom. The number of carbonyl (C=O) groups excluding carboxylic acids is 2. The van der Waals surface area contributed by atoms with Crippen LogP contribution in [0.25, 0.3) is 10.9 Å². The molecule has 2 heterocycles. The van der Waals surface area contributed by atoms with Crippen molar-refractivity contribution in [2.75, 3.05) is 20.2 Å². The van der Waals surface area contributed by atoms with E-state index in [0.29, 0.717) is 29.9 Å². The highest BCUT2D eigenvalue weighted by molar-refractivity contribution is 6.07. The molecule has 8 heteroatoms. The van der Waals surface area contributed by atoms with E-state index in [1.165, 1.54) is 11.7 Å². The summed E-state index contributed by atoms with van der Waals surface area (Å²) in [6.07, 6.45) is -0.722. The van der Waals surface area contributed by atoms with E-state index in [-0.39, 0.29) is 5.92 Å². The van der Waals surface area contributed by atoms with Crippen LogP contribution in [0.5, 0.6) is 0 Å². The Morgan fingerprint density at radius 3 is 2.36 bits per heavy atom. The minimum Gasteiger partial charge on any atom is -0.465 e. The number of benzene rings is 1. The van der Waals surface area contributed by atoms with Gasteiger partial charge in [0, 0.05) is 24.2 Å². The molecule has 1 fully saturated rings. The van der Waals surface area contributed by atoms with Gasteiger partial charge in [0.15, 0.2) is 0 Å². The molecule has 0 amide bonds. The summed E-state index contributed by atoms with van der Waals surface area (Å²) in [5.74, 6) is -0.414. The summed E-state index contributed by atoms with van der Waals surface area (Å²) in [6.45, 7) is 14.2. The smallest absolute Gasteiger partial charge is 0.419 e. The van der Waals surface area contributed by atoms with Gasteiger partial charge in [-0.25, -0.2) is 14.2 Å². The number of esters is 1. The lowest BCUT2D eigenvalue weighted by molar-refractivity contribution is -0.234. The van der Waals surface area contributed by atoms with Gasteiger partial charge < -0.3 is 19.3 Å². The van der Waals surface area contributed by atoms with E-state index < -0.39 is 29.7 Å². The summed E-state index contributed by atoms with van der Waals surface area (Å²) < 4.78 is 17.8. The fourth-order valence-electron chi connectivity index (χ4n) is 4.27. The van der Waals surface area contributed by atoms with Gasteiger partial charge in [0.1, 0.15) is 5.60 Å². The van der Waals surface area contributed by atoms with Crippen LogP contribution in [-0.2, 0) is 14.2 Å². The minimum absolute atomic E-state index is 0.103. The number of aliphatic hydroxyl groups excluding tert-OH is 1. The van der Waals surface area contributed by atoms with Crippen molar-refractivity contribution in [3.63, 3.8) is 0 Å². The second-order valence-corrected chi connectivity index (χ2v) is 10.6. The minimum atomic E-state index is -0.993. The number of fused-ring (bicyclic) bond motifs is 1. The zero-order valence-corrected chi connectivity index (χ0v) is 20.9. The largest absolute Gasteiger partial charge is 0.465 e. The first-order valence-corrected chi connectivity index (χ1v) is 11.3. The molecule has 8 nitrogen and oxygen atoms in total. The van der Waals surface area contributed by atoms with E-state index in [1.54, 1.807) is 26.8 Å². The molecule has 1 aliphatic heterocycles. The molecule has 1 saturated heterocycles. The third-order valence-corrected chi connectivity index (χ3v) is 5.59. The van der Waals surface area contributed by atoms with E-state index in [1.807, 2.05) is 44.7 Å². The number of likely N-dealkylation sites (tertiary alicyclic amines) is 1. The predicted octanol–water partition coefficient (Wildman–Crippen LogP) is 4.40. The van der Waals surface area contributed by atoms with Crippen LogP contribution in [0, 0.1) is 6.92 Å². The lowest BCUT2D eigenvalue weighted by Gasteiger charge is -2.30. The summed E-state index contributed by atoms with van der Waals surface area (Å²) >= 11 is 0. The fourth-order valence-corrected chi connectivity index (χ4v) is 4.27. The lowest BCUT2D eigenvalue weighted by Crippen LogP contribution is -2.40. The van der Waals surface area contributed by atoms with Crippen LogP contribution in [0.3, 0.4) is 0 Å². The van der Waals surface area contributed by atoms with Gasteiger partial charge in [-0.1, -0.05) is 6.07 Å². The van der Waals surface area contributed by atoms with Crippen LogP contribution >= 0.6 is 0 Å². The molecular formula is C25H36N2O6. The van der Waals surface area contributed by atoms with Gasteiger partial charge >= 0.3 is 12.1 Å². The number of hydrogen-bond donors (Lipinski definition) is 1. The third kappa shape index (κ3) is 5.57. The van der Waals surface area contributed by atoms with Crippen LogP contribution < -0.4 is 0 Å². The Bertz CT molecular complexity index is 1040. The highest BCUT2D eigenvalue weighted by Gasteiger charge is 2.33. The molecule has 1 aromatic carbocycles. The Morgan fingerprint density at radius 2 is 1.79 bits per heavy atom. The zero-order chi connectivity index (χ0) is 24.7. The summed E-state index contributed by atoms with van der Waals surface area (Å²) in [5, 5.41) is 11.3. The average molecular weight is 461 g/mol. The van der Waals surface area contributed by atoms with Gasteiger partial charge in [-0.2, -0.15) is 0 Å². The maximum Gasteiger partial charge on any atom is 0.419 e. The first-order valence-electron chi connectivity index (χ1n) is 11.3. The topological polar surface area (TPSA) is 90.2 Å². The second kappa shape index (κ2) is 9.08. The van der Waals surface area contributed by atoms with Crippen molar-refractivity contribution in [2.24, 2.45) is 0 Å². The average Bonchev–Trinajstić information content (AvgIpc) is 3.28. The SMILES string of the molecule is COC(=O)c1ccc(C2CCN(C(O)OC(C)(C)C)C2)c2cc(C)n(C(=O)OC(C)(C)C)c12. The molecular weight excluding hydrogens is 424 g/mol. The molecule has 2 unspecified atom stereocenters. The molecule has 1 N–H and O–H groups in total. The maximum atomic E-state index is 13.1. The van der Waals surface area contributed by atoms with Crippen molar-refractivity contribution in [1.82, 2.24) is 9.47 Å². The number of rotatable bonds is 4. The summed E-state index contributed by atoms with van der Waals surface area (Å²) in [7, 11) is 1.32. The molecule has 0 aliphatic carbocycles. The predicted molar refractivity (Wildman–Crippen MR) is 125 cm³/mol. The molecule has 182 valence electrons. The molecule has 0 saturated carbocycles. The molecule has 3 rings (SSSR count). The van der Waals surface area contributed by atoms with Gasteiger partial charge in [-0.05, 0) is 78.5 Å². The summed E-state index contributed by atoms with van der Waals surface area (Å²) in [5.41, 5.74) is 1.32. The highest BCUT2D eigenvalue weighted by atomic mass is 16.6. The lowest BCUT2D eigenvalue weighted by atomic mass is 9.93. The van der Waals surface area contributed by atoms with Crippen LogP contribution in [0.4, 0.5) is 4.79 Å². The van der Waals surface area contributed by atoms with Gasteiger partial charge in [0.2, 0.25) is 6.41 Å². The molecule has 1 aliphatic rings. The zero-order valence-electron chi connectivity index (χ0n) is 20.9. The number of nitrogens with zero attached hydrogens (tertiary/aromatic N) is 2. The van der Waals surface area contributed by atoms with E-state index in [2.05, 4.69) is 0 Å². The molecule has 0 radical (unpaired) electrons. The van der Waals surface area contributed by atoms with Gasteiger partial charge in [0.25, 0.3) is 0 Å². The standard InChI is InChI=1S/C25H36N2O6/c1-15-13-19-17(16-11-12-26(14-16)22(29)32-24(2,3)4)9-10-18(21(28)31-8)20(19)27(15)23(30)33-25(5,6)7/h9-10,13,16,22,29H,11-12,14H2,1-8H3. The summed E-state index contributed by atoms with van der Waals surface area (Å²) in [6, 6.07) is 5.53. The van der Waals surface area contributed by atoms with E-state index in [0.717, 1.165) is 17.4 Å². The highest BCUT2D eigenvalue weighted by Crippen LogP contribution is 2.37. The second-order valence-electron chi connectivity index (χ2n) is 10.6. The third-order valence-electron chi connectivity index (χ3n) is 5.59. The fraction of sp³-hybridized carbons (Fsp3) is 0.600. The quantitative estimate of drug-likeness (QED) is 0.534. The van der Waals surface area contributed by atoms with Crippen LogP contribution in [0.15, 0.2) is 18.2 Å². The number of aromatic nitrogens is 1. The van der Waals surface area contributed by atoms with Gasteiger partial charge in [0.05, 0.1) is 23.8 Å². The van der Waals surface area contributed by atoms with Crippen molar-refractivity contribution < 1.29 is 28.9 Å². The normalized spacial score (nSPS) is 18.5. The molecule has 1 aromatic heterocycles. The van der Waals surface area contributed by atoms with E-state index in [4.69, 9.17) is 14.2 Å². The molecule has 0 spiro atoms. The number of carbonyl (C=O) groups is 2. The van der Waals surface area contributed by atoms with Crippen molar-refractivity contribution >= 4 is 23.0 Å². The number of ether oxygens (including phenoxy) is 3. The molecule has 2 aromatic rings. The Balaban J connectivity index is 2.04. The number of aliphatic hydroxyl groups is 1. The molecule has 0 bridgehead atoms. The van der Waals surface area contributed by atoms with Crippen LogP contribution in [0.2, 0.25) is 0 Å². The Labute approximate surface area is 195 Å². The van der Waals surface area contributed by atoms with Crippen molar-refractivity contribution in [1.29, 1.82) is 0 Å². The number of methoxy groups -OCH3 is 1. The maximum absolute atomic E-state index is 13.1. The Hall–Kier alpha value is -2.42. The van der Waals surface area contributed by atoms with E-state index >= 15 is 0 Å².